The van der Waals surface area contributed by atoms with Gasteiger partial charge in [0.2, 0.25) is 17.7 Å². The Morgan fingerprint density at radius 2 is 1.96 bits per heavy atom. The molecule has 0 bridgehead atoms. The fourth-order valence-electron chi connectivity index (χ4n) is 4.18. The van der Waals surface area contributed by atoms with Crippen LogP contribution >= 0.6 is 0 Å². The van der Waals surface area contributed by atoms with Crippen molar-refractivity contribution in [2.45, 2.75) is 51.0 Å². The van der Waals surface area contributed by atoms with Gasteiger partial charge >= 0.3 is 0 Å². The number of aryl methyl sites for hydroxylation is 1. The molecule has 0 unspecified atom stereocenters. The third-order valence-electron chi connectivity index (χ3n) is 5.56. The molecule has 1 aromatic carbocycles. The third kappa shape index (κ3) is 3.25. The minimum Gasteiger partial charge on any atom is -0.339 e. The molecule has 1 saturated heterocycles. The first-order valence-corrected chi connectivity index (χ1v) is 9.13. The number of rotatable bonds is 3. The van der Waals surface area contributed by atoms with Crippen LogP contribution in [0.15, 0.2) is 18.2 Å². The molecule has 2 heterocycles. The molecule has 2 N–H and O–H groups in total. The highest BCUT2D eigenvalue weighted by atomic mass is 16.2. The smallest absolute Gasteiger partial charge is 0.229 e. The molecule has 6 heteroatoms. The molecule has 4 rings (SSSR count). The fourth-order valence-corrected chi connectivity index (χ4v) is 4.18. The Bertz CT molecular complexity index is 725. The maximum Gasteiger partial charge on any atom is 0.229 e. The van der Waals surface area contributed by atoms with Crippen LogP contribution in [0.5, 0.6) is 0 Å². The molecule has 25 heavy (non-hydrogen) atoms. The molecule has 1 saturated carbocycles. The van der Waals surface area contributed by atoms with Gasteiger partial charge in [-0.3, -0.25) is 14.4 Å². The highest BCUT2D eigenvalue weighted by molar-refractivity contribution is 5.98. The molecule has 0 radical (unpaired) electrons. The van der Waals surface area contributed by atoms with E-state index < -0.39 is 0 Å². The van der Waals surface area contributed by atoms with Crippen LogP contribution in [0.1, 0.15) is 44.1 Å². The summed E-state index contributed by atoms with van der Waals surface area (Å²) in [6.45, 7) is 0.538. The number of hydrogen-bond acceptors (Lipinski definition) is 3. The van der Waals surface area contributed by atoms with Gasteiger partial charge in [0, 0.05) is 36.8 Å². The minimum absolute atomic E-state index is 0.0285. The predicted molar refractivity (Wildman–Crippen MR) is 94.1 cm³/mol. The van der Waals surface area contributed by atoms with E-state index in [0.717, 1.165) is 29.8 Å². The summed E-state index contributed by atoms with van der Waals surface area (Å²) in [6, 6.07) is 5.87. The predicted octanol–water partition coefficient (Wildman–Crippen LogP) is 2.30. The minimum atomic E-state index is -0.274. The van der Waals surface area contributed by atoms with E-state index in [4.69, 9.17) is 0 Å². The number of anilines is 2. The van der Waals surface area contributed by atoms with Crippen molar-refractivity contribution in [3.8, 4) is 0 Å². The maximum absolute atomic E-state index is 12.6. The van der Waals surface area contributed by atoms with E-state index in [1.807, 2.05) is 17.0 Å². The first kappa shape index (κ1) is 16.1. The lowest BCUT2D eigenvalue weighted by molar-refractivity contribution is -0.130. The van der Waals surface area contributed by atoms with Crippen molar-refractivity contribution in [2.24, 2.45) is 5.92 Å². The summed E-state index contributed by atoms with van der Waals surface area (Å²) in [5, 5.41) is 5.78. The van der Waals surface area contributed by atoms with E-state index in [1.54, 1.807) is 6.07 Å². The van der Waals surface area contributed by atoms with Crippen LogP contribution < -0.4 is 10.6 Å². The van der Waals surface area contributed by atoms with Crippen molar-refractivity contribution in [2.75, 3.05) is 17.2 Å². The van der Waals surface area contributed by atoms with E-state index in [9.17, 15) is 14.4 Å². The number of carbonyl (C=O) groups is 3. The highest BCUT2D eigenvalue weighted by Gasteiger charge is 2.38. The van der Waals surface area contributed by atoms with E-state index in [-0.39, 0.29) is 23.6 Å². The molecule has 2 fully saturated rings. The van der Waals surface area contributed by atoms with Crippen molar-refractivity contribution < 1.29 is 14.4 Å². The van der Waals surface area contributed by atoms with E-state index >= 15 is 0 Å². The van der Waals surface area contributed by atoms with Crippen LogP contribution in [0, 0.1) is 5.92 Å². The molecular weight excluding hydrogens is 318 g/mol. The summed E-state index contributed by atoms with van der Waals surface area (Å²) < 4.78 is 0. The Morgan fingerprint density at radius 3 is 2.76 bits per heavy atom. The molecular formula is C19H23N3O3. The summed E-state index contributed by atoms with van der Waals surface area (Å²) in [4.78, 5) is 38.2. The van der Waals surface area contributed by atoms with Crippen LogP contribution in [-0.2, 0) is 20.8 Å². The summed E-state index contributed by atoms with van der Waals surface area (Å²) in [6.07, 6.45) is 5.95. The second-order valence-corrected chi connectivity index (χ2v) is 7.29. The second kappa shape index (κ2) is 6.50. The first-order valence-electron chi connectivity index (χ1n) is 9.13. The standard InChI is InChI=1S/C19H23N3O3/c23-17-8-5-12-9-14(6-7-16(12)21-17)20-19(25)13-10-18(24)22(11-13)15-3-1-2-4-15/h6-7,9,13,15H,1-5,8,10-11H2,(H,20,25)(H,21,23)/t13-/m1/s1. The largest absolute Gasteiger partial charge is 0.339 e. The topological polar surface area (TPSA) is 78.5 Å². The number of hydrogen-bond donors (Lipinski definition) is 2. The van der Waals surface area contributed by atoms with Crippen molar-refractivity contribution in [1.29, 1.82) is 0 Å². The number of nitrogens with one attached hydrogen (secondary N) is 2. The van der Waals surface area contributed by atoms with Crippen molar-refractivity contribution in [3.63, 3.8) is 0 Å². The first-order chi connectivity index (χ1) is 12.1. The molecule has 1 aromatic rings. The van der Waals surface area contributed by atoms with Crippen LogP contribution in [0.3, 0.4) is 0 Å². The quantitative estimate of drug-likeness (QED) is 0.885. The van der Waals surface area contributed by atoms with Gasteiger partial charge in [-0.05, 0) is 43.0 Å². The Labute approximate surface area is 147 Å². The monoisotopic (exact) mass is 341 g/mol. The Balaban J connectivity index is 1.40. The van der Waals surface area contributed by atoms with Crippen molar-refractivity contribution in [3.05, 3.63) is 23.8 Å². The van der Waals surface area contributed by atoms with Gasteiger partial charge in [0.15, 0.2) is 0 Å². The van der Waals surface area contributed by atoms with Gasteiger partial charge in [0.25, 0.3) is 0 Å². The molecule has 3 amide bonds. The maximum atomic E-state index is 12.6. The summed E-state index contributed by atoms with van der Waals surface area (Å²) >= 11 is 0. The van der Waals surface area contributed by atoms with Crippen LogP contribution in [-0.4, -0.2) is 35.2 Å². The Kier molecular flexibility index (Phi) is 4.19. The zero-order chi connectivity index (χ0) is 17.4. The van der Waals surface area contributed by atoms with Gasteiger partial charge in [-0.2, -0.15) is 0 Å². The molecule has 6 nitrogen and oxygen atoms in total. The molecule has 3 aliphatic rings. The summed E-state index contributed by atoms with van der Waals surface area (Å²) in [5.74, 6) is -0.224. The van der Waals surface area contributed by atoms with E-state index in [2.05, 4.69) is 10.6 Å². The van der Waals surface area contributed by atoms with E-state index in [0.29, 0.717) is 31.8 Å². The lowest BCUT2D eigenvalue weighted by Crippen LogP contribution is -2.35. The number of fused-ring (bicyclic) bond motifs is 1. The lowest BCUT2D eigenvalue weighted by atomic mass is 10.0. The second-order valence-electron chi connectivity index (χ2n) is 7.29. The average Bonchev–Trinajstić information content (AvgIpc) is 3.24. The van der Waals surface area contributed by atoms with Crippen molar-refractivity contribution in [1.82, 2.24) is 4.90 Å². The van der Waals surface area contributed by atoms with Crippen LogP contribution in [0.25, 0.3) is 0 Å². The van der Waals surface area contributed by atoms with Crippen LogP contribution in [0.2, 0.25) is 0 Å². The molecule has 2 aliphatic heterocycles. The number of nitrogens with zero attached hydrogens (tertiary/aromatic N) is 1. The van der Waals surface area contributed by atoms with Gasteiger partial charge in [-0.25, -0.2) is 0 Å². The average molecular weight is 341 g/mol. The number of likely N-dealkylation sites (tertiary alicyclic amines) is 1. The number of carbonyl (C=O) groups excluding carboxylic acids is 3. The Hall–Kier alpha value is -2.37. The third-order valence-corrected chi connectivity index (χ3v) is 5.56. The molecule has 0 spiro atoms. The molecule has 1 atom stereocenters. The fraction of sp³-hybridized carbons (Fsp3) is 0.526. The summed E-state index contributed by atoms with van der Waals surface area (Å²) in [7, 11) is 0. The lowest BCUT2D eigenvalue weighted by Gasteiger charge is -2.24. The van der Waals surface area contributed by atoms with Gasteiger partial charge in [0.1, 0.15) is 0 Å². The molecule has 132 valence electrons. The van der Waals surface area contributed by atoms with Gasteiger partial charge in [0.05, 0.1) is 5.92 Å². The zero-order valence-electron chi connectivity index (χ0n) is 14.2. The molecule has 0 aromatic heterocycles. The van der Waals surface area contributed by atoms with Crippen LogP contribution in [0.4, 0.5) is 11.4 Å². The summed E-state index contributed by atoms with van der Waals surface area (Å²) in [5.41, 5.74) is 2.58. The molecule has 1 aliphatic carbocycles. The number of benzene rings is 1. The zero-order valence-corrected chi connectivity index (χ0v) is 14.2. The normalized spacial score (nSPS) is 23.5. The van der Waals surface area contributed by atoms with Crippen molar-refractivity contribution >= 4 is 29.1 Å². The Morgan fingerprint density at radius 1 is 1.16 bits per heavy atom. The van der Waals surface area contributed by atoms with Gasteiger partial charge < -0.3 is 15.5 Å². The van der Waals surface area contributed by atoms with Gasteiger partial charge in [-0.1, -0.05) is 12.8 Å². The number of amides is 3. The van der Waals surface area contributed by atoms with E-state index in [1.165, 1.54) is 12.8 Å². The highest BCUT2D eigenvalue weighted by Crippen LogP contribution is 2.30. The SMILES string of the molecule is O=C1CCc2cc(NC(=O)[C@@H]3CC(=O)N(C4CCCC4)C3)ccc2N1. The van der Waals surface area contributed by atoms with Gasteiger partial charge in [-0.15, -0.1) is 0 Å².